The van der Waals surface area contributed by atoms with E-state index < -0.39 is 0 Å². The topological polar surface area (TPSA) is 69.0 Å². The number of ether oxygens (including phenoxy) is 1. The quantitative estimate of drug-likeness (QED) is 0.762. The highest BCUT2D eigenvalue weighted by atomic mass is 16.5. The van der Waals surface area contributed by atoms with E-state index in [9.17, 15) is 4.79 Å². The van der Waals surface area contributed by atoms with Crippen LogP contribution in [0.4, 0.5) is 0 Å². The van der Waals surface area contributed by atoms with Crippen LogP contribution in [0, 0.1) is 0 Å². The first kappa shape index (κ1) is 11.1. The van der Waals surface area contributed by atoms with Crippen molar-refractivity contribution in [2.75, 3.05) is 13.2 Å². The molecule has 16 heavy (non-hydrogen) atoms. The fourth-order valence-electron chi connectivity index (χ4n) is 1.69. The van der Waals surface area contributed by atoms with Gasteiger partial charge in [0.05, 0.1) is 12.6 Å². The number of carbonyl (C=O) groups excluding carboxylic acids is 1. The largest absolute Gasteiger partial charge is 0.376 e. The predicted octanol–water partition coefficient (Wildman–Crippen LogP) is -0.0366. The van der Waals surface area contributed by atoms with Crippen molar-refractivity contribution in [1.29, 1.82) is 0 Å². The number of amides is 1. The van der Waals surface area contributed by atoms with Crippen LogP contribution in [-0.4, -0.2) is 39.9 Å². The first-order valence-corrected chi connectivity index (χ1v) is 5.55. The van der Waals surface area contributed by atoms with Gasteiger partial charge in [0.2, 0.25) is 5.91 Å². The van der Waals surface area contributed by atoms with Gasteiger partial charge in [0, 0.05) is 19.6 Å². The second kappa shape index (κ2) is 5.60. The number of hydrogen-bond donors (Lipinski definition) is 1. The molecule has 1 atom stereocenters. The van der Waals surface area contributed by atoms with Crippen LogP contribution in [0.1, 0.15) is 19.3 Å². The molecule has 1 N–H and O–H groups in total. The third-order valence-corrected chi connectivity index (χ3v) is 2.59. The normalized spacial score (nSPS) is 19.9. The fraction of sp³-hybridized carbons (Fsp3) is 0.700. The lowest BCUT2D eigenvalue weighted by atomic mass is 10.2. The minimum Gasteiger partial charge on any atom is -0.376 e. The molecule has 1 aromatic heterocycles. The van der Waals surface area contributed by atoms with Crippen LogP contribution >= 0.6 is 0 Å². The number of aromatic nitrogens is 3. The van der Waals surface area contributed by atoms with Crippen LogP contribution < -0.4 is 5.32 Å². The zero-order valence-corrected chi connectivity index (χ0v) is 9.13. The molecular formula is C10H16N4O2. The maximum atomic E-state index is 11.5. The van der Waals surface area contributed by atoms with Crippen molar-refractivity contribution in [2.45, 2.75) is 31.9 Å². The van der Waals surface area contributed by atoms with Gasteiger partial charge in [-0.1, -0.05) is 0 Å². The summed E-state index contributed by atoms with van der Waals surface area (Å²) in [4.78, 5) is 15.3. The maximum Gasteiger partial charge on any atom is 0.221 e. The van der Waals surface area contributed by atoms with Crippen LogP contribution in [-0.2, 0) is 16.1 Å². The molecule has 0 aliphatic carbocycles. The number of nitrogens with zero attached hydrogens (tertiary/aromatic N) is 3. The highest BCUT2D eigenvalue weighted by Crippen LogP contribution is 2.10. The molecule has 6 heteroatoms. The molecule has 0 spiro atoms. The monoisotopic (exact) mass is 224 g/mol. The molecule has 1 fully saturated rings. The van der Waals surface area contributed by atoms with Crippen molar-refractivity contribution in [3.8, 4) is 0 Å². The number of rotatable bonds is 5. The summed E-state index contributed by atoms with van der Waals surface area (Å²) < 4.78 is 7.06. The van der Waals surface area contributed by atoms with Gasteiger partial charge in [0.25, 0.3) is 0 Å². The van der Waals surface area contributed by atoms with Crippen molar-refractivity contribution in [2.24, 2.45) is 0 Å². The van der Waals surface area contributed by atoms with E-state index in [1.807, 2.05) is 0 Å². The van der Waals surface area contributed by atoms with Gasteiger partial charge in [0.1, 0.15) is 12.7 Å². The Morgan fingerprint density at radius 2 is 2.56 bits per heavy atom. The van der Waals surface area contributed by atoms with E-state index in [0.717, 1.165) is 19.4 Å². The summed E-state index contributed by atoms with van der Waals surface area (Å²) >= 11 is 0. The van der Waals surface area contributed by atoms with Gasteiger partial charge in [-0.3, -0.25) is 9.48 Å². The zero-order valence-electron chi connectivity index (χ0n) is 9.13. The fourth-order valence-corrected chi connectivity index (χ4v) is 1.69. The Morgan fingerprint density at radius 1 is 1.62 bits per heavy atom. The van der Waals surface area contributed by atoms with Crippen LogP contribution in [0.25, 0.3) is 0 Å². The van der Waals surface area contributed by atoms with E-state index in [0.29, 0.717) is 19.5 Å². The second-order valence-electron chi connectivity index (χ2n) is 3.85. The van der Waals surface area contributed by atoms with Gasteiger partial charge < -0.3 is 10.1 Å². The Morgan fingerprint density at radius 3 is 3.25 bits per heavy atom. The lowest BCUT2D eigenvalue weighted by molar-refractivity contribution is -0.121. The molecule has 1 amide bonds. The number of nitrogens with one attached hydrogen (secondary N) is 1. The smallest absolute Gasteiger partial charge is 0.221 e. The molecule has 6 nitrogen and oxygen atoms in total. The molecule has 0 saturated carbocycles. The Labute approximate surface area is 94.0 Å². The molecule has 0 radical (unpaired) electrons. The third kappa shape index (κ3) is 3.30. The Hall–Kier alpha value is -1.43. The summed E-state index contributed by atoms with van der Waals surface area (Å²) in [6, 6.07) is 0. The van der Waals surface area contributed by atoms with Gasteiger partial charge in [-0.2, -0.15) is 5.10 Å². The van der Waals surface area contributed by atoms with Gasteiger partial charge in [-0.25, -0.2) is 4.98 Å². The molecule has 0 bridgehead atoms. The summed E-state index contributed by atoms with van der Waals surface area (Å²) in [5.74, 6) is 0.0333. The Kier molecular flexibility index (Phi) is 3.87. The molecule has 1 saturated heterocycles. The summed E-state index contributed by atoms with van der Waals surface area (Å²) in [6.07, 6.45) is 5.84. The van der Waals surface area contributed by atoms with Gasteiger partial charge in [0.15, 0.2) is 0 Å². The predicted molar refractivity (Wildman–Crippen MR) is 56.6 cm³/mol. The van der Waals surface area contributed by atoms with Crippen molar-refractivity contribution in [1.82, 2.24) is 20.1 Å². The van der Waals surface area contributed by atoms with Crippen LogP contribution in [0.3, 0.4) is 0 Å². The van der Waals surface area contributed by atoms with Crippen molar-refractivity contribution in [3.05, 3.63) is 12.7 Å². The zero-order chi connectivity index (χ0) is 11.2. The van der Waals surface area contributed by atoms with E-state index in [2.05, 4.69) is 15.4 Å². The van der Waals surface area contributed by atoms with Crippen molar-refractivity contribution < 1.29 is 9.53 Å². The summed E-state index contributed by atoms with van der Waals surface area (Å²) in [5, 5.41) is 6.79. The number of carbonyl (C=O) groups is 1. The highest BCUT2D eigenvalue weighted by Gasteiger charge is 2.15. The summed E-state index contributed by atoms with van der Waals surface area (Å²) in [6.45, 7) is 2.01. The molecule has 2 heterocycles. The SMILES string of the molecule is O=C(CCn1cncn1)NCC1CCCO1. The average molecular weight is 224 g/mol. The molecule has 0 aromatic carbocycles. The van der Waals surface area contributed by atoms with Gasteiger partial charge >= 0.3 is 0 Å². The van der Waals surface area contributed by atoms with Crippen molar-refractivity contribution >= 4 is 5.91 Å². The Balaban J connectivity index is 1.60. The van der Waals surface area contributed by atoms with E-state index in [4.69, 9.17) is 4.74 Å². The molecule has 88 valence electrons. The highest BCUT2D eigenvalue weighted by molar-refractivity contribution is 5.75. The molecular weight excluding hydrogens is 208 g/mol. The van der Waals surface area contributed by atoms with E-state index in [1.165, 1.54) is 6.33 Å². The van der Waals surface area contributed by atoms with Crippen LogP contribution in [0.2, 0.25) is 0 Å². The molecule has 1 aromatic rings. The van der Waals surface area contributed by atoms with E-state index >= 15 is 0 Å². The maximum absolute atomic E-state index is 11.5. The lowest BCUT2D eigenvalue weighted by Crippen LogP contribution is -2.32. The molecule has 2 rings (SSSR count). The van der Waals surface area contributed by atoms with E-state index in [-0.39, 0.29) is 12.0 Å². The van der Waals surface area contributed by atoms with Crippen LogP contribution in [0.15, 0.2) is 12.7 Å². The van der Waals surface area contributed by atoms with Crippen LogP contribution in [0.5, 0.6) is 0 Å². The first-order valence-electron chi connectivity index (χ1n) is 5.55. The van der Waals surface area contributed by atoms with E-state index in [1.54, 1.807) is 11.0 Å². The Bertz CT molecular complexity index is 320. The molecule has 1 aliphatic heterocycles. The molecule has 1 aliphatic rings. The lowest BCUT2D eigenvalue weighted by Gasteiger charge is -2.10. The van der Waals surface area contributed by atoms with Gasteiger partial charge in [-0.15, -0.1) is 0 Å². The van der Waals surface area contributed by atoms with Gasteiger partial charge in [-0.05, 0) is 12.8 Å². The van der Waals surface area contributed by atoms with Crippen molar-refractivity contribution in [3.63, 3.8) is 0 Å². The summed E-state index contributed by atoms with van der Waals surface area (Å²) in [5.41, 5.74) is 0. The standard InChI is InChI=1S/C10H16N4O2/c15-10(3-4-14-8-11-7-13-14)12-6-9-2-1-5-16-9/h7-9H,1-6H2,(H,12,15). The number of hydrogen-bond acceptors (Lipinski definition) is 4. The summed E-state index contributed by atoms with van der Waals surface area (Å²) in [7, 11) is 0. The molecule has 1 unspecified atom stereocenters. The minimum absolute atomic E-state index is 0.0333. The third-order valence-electron chi connectivity index (χ3n) is 2.59. The number of aryl methyl sites for hydroxylation is 1. The second-order valence-corrected chi connectivity index (χ2v) is 3.85. The first-order chi connectivity index (χ1) is 7.84. The minimum atomic E-state index is 0.0333. The average Bonchev–Trinajstić information content (AvgIpc) is 2.96.